The highest BCUT2D eigenvalue weighted by Gasteiger charge is 2.02. The first-order valence-corrected chi connectivity index (χ1v) is 17.1. The molecule has 0 aliphatic heterocycles. The average Bonchev–Trinajstić information content (AvgIpc) is 2.86. The van der Waals surface area contributed by atoms with Crippen molar-refractivity contribution in [1.29, 1.82) is 0 Å². The number of nitrogens with two attached hydrogens (primary N) is 1. The van der Waals surface area contributed by atoms with Gasteiger partial charge in [-0.25, -0.2) is 0 Å². The molecular formula is C34H71N. The molecule has 0 bridgehead atoms. The largest absolute Gasteiger partial charge is 0.328 e. The van der Waals surface area contributed by atoms with Crippen LogP contribution in [0, 0.1) is 0 Å². The Morgan fingerprint density at radius 1 is 0.286 bits per heavy atom. The SMILES string of the molecule is CCCCCCCCCCCCCCCCCC(N)CCCCCCCCCCCCCCCC. The quantitative estimate of drug-likeness (QED) is 0.0954. The molecule has 0 aliphatic carbocycles. The highest BCUT2D eigenvalue weighted by Crippen LogP contribution is 2.16. The molecule has 2 N–H and O–H groups in total. The Bertz CT molecular complexity index is 352. The Morgan fingerprint density at radius 2 is 0.457 bits per heavy atom. The Morgan fingerprint density at radius 3 is 0.657 bits per heavy atom. The Hall–Kier alpha value is -0.0400. The van der Waals surface area contributed by atoms with E-state index >= 15 is 0 Å². The van der Waals surface area contributed by atoms with Gasteiger partial charge in [-0.2, -0.15) is 0 Å². The maximum Gasteiger partial charge on any atom is 0.00388 e. The molecule has 35 heavy (non-hydrogen) atoms. The van der Waals surface area contributed by atoms with Gasteiger partial charge in [-0.15, -0.1) is 0 Å². The topological polar surface area (TPSA) is 26.0 Å². The average molecular weight is 494 g/mol. The second kappa shape index (κ2) is 32.0. The lowest BCUT2D eigenvalue weighted by atomic mass is 10.00. The molecule has 0 radical (unpaired) electrons. The summed E-state index contributed by atoms with van der Waals surface area (Å²) in [5, 5.41) is 0. The predicted molar refractivity (Wildman–Crippen MR) is 162 cm³/mol. The second-order valence-electron chi connectivity index (χ2n) is 11.9. The Kier molecular flexibility index (Phi) is 32.0. The zero-order valence-corrected chi connectivity index (χ0v) is 25.1. The fourth-order valence-corrected chi connectivity index (χ4v) is 5.52. The molecule has 0 aromatic carbocycles. The van der Waals surface area contributed by atoms with Gasteiger partial charge < -0.3 is 5.73 Å². The van der Waals surface area contributed by atoms with E-state index in [1.54, 1.807) is 0 Å². The number of unbranched alkanes of at least 4 members (excludes halogenated alkanes) is 27. The predicted octanol–water partition coefficient (Wildman–Crippen LogP) is 12.4. The summed E-state index contributed by atoms with van der Waals surface area (Å²) in [6.45, 7) is 4.60. The lowest BCUT2D eigenvalue weighted by Crippen LogP contribution is -2.19. The maximum atomic E-state index is 6.38. The minimum absolute atomic E-state index is 0.467. The van der Waals surface area contributed by atoms with E-state index in [0.717, 1.165) is 0 Å². The van der Waals surface area contributed by atoms with Crippen molar-refractivity contribution < 1.29 is 0 Å². The molecule has 0 fully saturated rings. The summed E-state index contributed by atoms with van der Waals surface area (Å²) in [6.07, 6.45) is 44.4. The van der Waals surface area contributed by atoms with E-state index in [4.69, 9.17) is 5.73 Å². The minimum atomic E-state index is 0.467. The van der Waals surface area contributed by atoms with Crippen LogP contribution in [0.5, 0.6) is 0 Å². The van der Waals surface area contributed by atoms with Crippen LogP contribution in [0.1, 0.15) is 213 Å². The van der Waals surface area contributed by atoms with Crippen LogP contribution in [0.2, 0.25) is 0 Å². The van der Waals surface area contributed by atoms with Crippen LogP contribution < -0.4 is 5.73 Å². The summed E-state index contributed by atoms with van der Waals surface area (Å²) in [7, 11) is 0. The van der Waals surface area contributed by atoms with Crippen LogP contribution in [0.25, 0.3) is 0 Å². The van der Waals surface area contributed by atoms with Crippen LogP contribution >= 0.6 is 0 Å². The fourth-order valence-electron chi connectivity index (χ4n) is 5.52. The summed E-state index contributed by atoms with van der Waals surface area (Å²) in [5.74, 6) is 0. The van der Waals surface area contributed by atoms with Crippen LogP contribution in [0.15, 0.2) is 0 Å². The first-order valence-electron chi connectivity index (χ1n) is 17.1. The van der Waals surface area contributed by atoms with Crippen molar-refractivity contribution in [3.05, 3.63) is 0 Å². The van der Waals surface area contributed by atoms with Gasteiger partial charge in [0.05, 0.1) is 0 Å². The van der Waals surface area contributed by atoms with Gasteiger partial charge in [0.25, 0.3) is 0 Å². The molecule has 0 aromatic heterocycles. The van der Waals surface area contributed by atoms with Crippen molar-refractivity contribution in [2.45, 2.75) is 219 Å². The first-order chi connectivity index (χ1) is 17.3. The highest BCUT2D eigenvalue weighted by molar-refractivity contribution is 4.62. The van der Waals surface area contributed by atoms with Gasteiger partial charge >= 0.3 is 0 Å². The summed E-state index contributed by atoms with van der Waals surface area (Å²) in [6, 6.07) is 0.467. The van der Waals surface area contributed by atoms with Crippen LogP contribution in [-0.4, -0.2) is 6.04 Å². The minimum Gasteiger partial charge on any atom is -0.328 e. The third kappa shape index (κ3) is 31.9. The molecular weight excluding hydrogens is 422 g/mol. The Labute approximate surface area is 224 Å². The normalized spacial score (nSPS) is 12.4. The highest BCUT2D eigenvalue weighted by atomic mass is 14.6. The van der Waals surface area contributed by atoms with Crippen LogP contribution in [0.4, 0.5) is 0 Å². The van der Waals surface area contributed by atoms with Crippen LogP contribution in [0.3, 0.4) is 0 Å². The Balaban J connectivity index is 3.13. The van der Waals surface area contributed by atoms with Crippen molar-refractivity contribution in [2.75, 3.05) is 0 Å². The van der Waals surface area contributed by atoms with Gasteiger partial charge in [-0.05, 0) is 12.8 Å². The van der Waals surface area contributed by atoms with E-state index < -0.39 is 0 Å². The number of rotatable bonds is 31. The molecule has 0 aromatic rings. The van der Waals surface area contributed by atoms with E-state index in [1.807, 2.05) is 0 Å². The van der Waals surface area contributed by atoms with Crippen molar-refractivity contribution in [2.24, 2.45) is 5.73 Å². The molecule has 0 rings (SSSR count). The van der Waals surface area contributed by atoms with Crippen molar-refractivity contribution >= 4 is 0 Å². The standard InChI is InChI=1S/C34H71N/c1-3-5-7-9-11-13-15-17-19-21-23-25-27-29-31-33-34(35)32-30-28-26-24-22-20-18-16-14-12-10-8-6-4-2/h34H,3-33,35H2,1-2H3. The fraction of sp³-hybridized carbons (Fsp3) is 1.00. The zero-order chi connectivity index (χ0) is 25.5. The number of hydrogen-bond donors (Lipinski definition) is 1. The molecule has 1 heteroatoms. The first kappa shape index (κ1) is 35.0. The van der Waals surface area contributed by atoms with Crippen molar-refractivity contribution in [3.63, 3.8) is 0 Å². The molecule has 0 saturated carbocycles. The molecule has 0 amide bonds. The lowest BCUT2D eigenvalue weighted by molar-refractivity contribution is 0.477. The van der Waals surface area contributed by atoms with E-state index in [9.17, 15) is 0 Å². The van der Waals surface area contributed by atoms with Gasteiger partial charge in [0.2, 0.25) is 0 Å². The molecule has 0 aliphatic rings. The molecule has 0 saturated heterocycles. The molecule has 1 unspecified atom stereocenters. The maximum absolute atomic E-state index is 6.38. The lowest BCUT2D eigenvalue weighted by Gasteiger charge is -2.11. The smallest absolute Gasteiger partial charge is 0.00388 e. The van der Waals surface area contributed by atoms with E-state index in [0.29, 0.717) is 6.04 Å². The van der Waals surface area contributed by atoms with Gasteiger partial charge in [0, 0.05) is 6.04 Å². The van der Waals surface area contributed by atoms with Gasteiger partial charge in [0.1, 0.15) is 0 Å². The van der Waals surface area contributed by atoms with Crippen LogP contribution in [-0.2, 0) is 0 Å². The molecule has 212 valence electrons. The third-order valence-electron chi connectivity index (χ3n) is 8.11. The second-order valence-corrected chi connectivity index (χ2v) is 11.9. The summed E-state index contributed by atoms with van der Waals surface area (Å²) < 4.78 is 0. The van der Waals surface area contributed by atoms with E-state index in [2.05, 4.69) is 13.8 Å². The molecule has 0 heterocycles. The zero-order valence-electron chi connectivity index (χ0n) is 25.1. The summed E-state index contributed by atoms with van der Waals surface area (Å²) in [5.41, 5.74) is 6.38. The molecule has 1 atom stereocenters. The summed E-state index contributed by atoms with van der Waals surface area (Å²) >= 11 is 0. The van der Waals surface area contributed by atoms with Gasteiger partial charge in [-0.3, -0.25) is 0 Å². The van der Waals surface area contributed by atoms with E-state index in [-0.39, 0.29) is 0 Å². The number of hydrogen-bond acceptors (Lipinski definition) is 1. The molecule has 0 spiro atoms. The summed E-state index contributed by atoms with van der Waals surface area (Å²) in [4.78, 5) is 0. The van der Waals surface area contributed by atoms with Gasteiger partial charge in [0.15, 0.2) is 0 Å². The van der Waals surface area contributed by atoms with E-state index in [1.165, 1.54) is 199 Å². The molecule has 1 nitrogen and oxygen atoms in total. The monoisotopic (exact) mass is 494 g/mol. The van der Waals surface area contributed by atoms with Crippen molar-refractivity contribution in [1.82, 2.24) is 0 Å². The van der Waals surface area contributed by atoms with Crippen molar-refractivity contribution in [3.8, 4) is 0 Å². The third-order valence-corrected chi connectivity index (χ3v) is 8.11. The van der Waals surface area contributed by atoms with Gasteiger partial charge in [-0.1, -0.05) is 200 Å².